The fourth-order valence-corrected chi connectivity index (χ4v) is 1.72. The lowest BCUT2D eigenvalue weighted by molar-refractivity contribution is 0.367. The van der Waals surface area contributed by atoms with Crippen LogP contribution < -0.4 is 0 Å². The number of fused-ring (bicyclic) bond motifs is 1. The molecule has 2 N–H and O–H groups in total. The molecule has 0 saturated heterocycles. The zero-order valence-electron chi connectivity index (χ0n) is 9.42. The van der Waals surface area contributed by atoms with E-state index in [1.165, 1.54) is 0 Å². The maximum absolute atomic E-state index is 13.7. The van der Waals surface area contributed by atoms with Crippen molar-refractivity contribution in [3.63, 3.8) is 0 Å². The first-order valence-electron chi connectivity index (χ1n) is 5.13. The SMILES string of the molecule is Oc1nc2nnnc-2c(O)n1-c1c(F)cc(F)cc1F. The largest absolute Gasteiger partial charge is 0.492 e. The van der Waals surface area contributed by atoms with Crippen molar-refractivity contribution in [3.05, 3.63) is 29.6 Å². The monoisotopic (exact) mass is 283 g/mol. The zero-order valence-corrected chi connectivity index (χ0v) is 9.42. The van der Waals surface area contributed by atoms with Gasteiger partial charge in [-0.2, -0.15) is 4.98 Å². The summed E-state index contributed by atoms with van der Waals surface area (Å²) in [6, 6.07) is -0.172. The third-order valence-electron chi connectivity index (χ3n) is 2.53. The van der Waals surface area contributed by atoms with Gasteiger partial charge in [-0.05, 0) is 5.21 Å². The maximum Gasteiger partial charge on any atom is 0.303 e. The van der Waals surface area contributed by atoms with E-state index in [0.29, 0.717) is 16.7 Å². The molecular formula is C10H4F3N5O2. The molecule has 0 aliphatic carbocycles. The average molecular weight is 283 g/mol. The standard InChI is InChI=1S/C10H4F3N5O2/c11-3-1-4(12)7(5(13)2-3)18-9(19)6-8(14-10(18)20)16-17-15-6/h1-2,19H,(H,14,15,16,20). The van der Waals surface area contributed by atoms with E-state index in [2.05, 4.69) is 20.4 Å². The Bertz CT molecular complexity index is 768. The minimum atomic E-state index is -1.34. The summed E-state index contributed by atoms with van der Waals surface area (Å²) >= 11 is 0. The Morgan fingerprint density at radius 3 is 2.30 bits per heavy atom. The van der Waals surface area contributed by atoms with Crippen LogP contribution in [-0.4, -0.2) is 35.2 Å². The quantitative estimate of drug-likeness (QED) is 0.691. The molecule has 0 fully saturated rings. The summed E-state index contributed by atoms with van der Waals surface area (Å²) in [5.74, 6) is -4.87. The first-order chi connectivity index (χ1) is 9.49. The summed E-state index contributed by atoms with van der Waals surface area (Å²) in [6.07, 6.45) is 0. The van der Waals surface area contributed by atoms with Crippen molar-refractivity contribution >= 4 is 0 Å². The van der Waals surface area contributed by atoms with E-state index in [0.717, 1.165) is 0 Å². The van der Waals surface area contributed by atoms with Gasteiger partial charge in [-0.1, -0.05) is 0 Å². The van der Waals surface area contributed by atoms with Crippen LogP contribution in [0.3, 0.4) is 0 Å². The van der Waals surface area contributed by atoms with Crippen LogP contribution in [0.25, 0.3) is 17.2 Å². The van der Waals surface area contributed by atoms with E-state index in [1.807, 2.05) is 0 Å². The minimum absolute atomic E-state index is 0.209. The molecule has 3 rings (SSSR count). The molecule has 0 atom stereocenters. The molecule has 0 unspecified atom stereocenters. The van der Waals surface area contributed by atoms with E-state index in [1.54, 1.807) is 0 Å². The van der Waals surface area contributed by atoms with E-state index < -0.39 is 35.0 Å². The van der Waals surface area contributed by atoms with Crippen LogP contribution >= 0.6 is 0 Å². The predicted octanol–water partition coefficient (Wildman–Crippen LogP) is 0.991. The van der Waals surface area contributed by atoms with Gasteiger partial charge in [-0.25, -0.2) is 17.7 Å². The normalized spacial score (nSPS) is 11.2. The number of aromatic hydroxyl groups is 2. The Hall–Kier alpha value is -2.91. The van der Waals surface area contributed by atoms with Gasteiger partial charge in [-0.15, -0.1) is 10.2 Å². The van der Waals surface area contributed by atoms with Crippen molar-refractivity contribution in [3.8, 4) is 29.1 Å². The van der Waals surface area contributed by atoms with Crippen LogP contribution in [0.4, 0.5) is 13.2 Å². The molecule has 0 radical (unpaired) electrons. The van der Waals surface area contributed by atoms with Crippen molar-refractivity contribution in [2.45, 2.75) is 0 Å². The van der Waals surface area contributed by atoms with Crippen LogP contribution in [0.15, 0.2) is 12.1 Å². The molecule has 2 aliphatic heterocycles. The Morgan fingerprint density at radius 2 is 1.65 bits per heavy atom. The highest BCUT2D eigenvalue weighted by Crippen LogP contribution is 2.34. The van der Waals surface area contributed by atoms with Crippen molar-refractivity contribution in [1.82, 2.24) is 25.0 Å². The lowest BCUT2D eigenvalue weighted by Crippen LogP contribution is -2.07. The third kappa shape index (κ3) is 1.61. The second-order valence-electron chi connectivity index (χ2n) is 3.75. The number of benzene rings is 1. The highest BCUT2D eigenvalue weighted by molar-refractivity contribution is 5.60. The summed E-state index contributed by atoms with van der Waals surface area (Å²) < 4.78 is 40.6. The predicted molar refractivity (Wildman–Crippen MR) is 56.8 cm³/mol. The lowest BCUT2D eigenvalue weighted by atomic mass is 10.2. The second-order valence-corrected chi connectivity index (χ2v) is 3.75. The van der Waals surface area contributed by atoms with Crippen molar-refractivity contribution in [1.29, 1.82) is 0 Å². The first kappa shape index (κ1) is 12.1. The van der Waals surface area contributed by atoms with Gasteiger partial charge >= 0.3 is 6.01 Å². The molecule has 10 heteroatoms. The number of hydrogen-bond acceptors (Lipinski definition) is 6. The molecule has 2 heterocycles. The Labute approximate surface area is 108 Å². The minimum Gasteiger partial charge on any atom is -0.492 e. The van der Waals surface area contributed by atoms with E-state index in [-0.39, 0.29) is 11.5 Å². The second kappa shape index (κ2) is 4.05. The molecule has 1 aromatic carbocycles. The Morgan fingerprint density at radius 1 is 1.00 bits per heavy atom. The summed E-state index contributed by atoms with van der Waals surface area (Å²) in [5, 5.41) is 29.5. The number of aromatic nitrogens is 5. The van der Waals surface area contributed by atoms with Crippen LogP contribution in [-0.2, 0) is 0 Å². The van der Waals surface area contributed by atoms with Crippen LogP contribution in [0.5, 0.6) is 11.9 Å². The van der Waals surface area contributed by atoms with Gasteiger partial charge < -0.3 is 10.2 Å². The molecule has 0 bridgehead atoms. The van der Waals surface area contributed by atoms with E-state index >= 15 is 0 Å². The first-order valence-corrected chi connectivity index (χ1v) is 5.13. The number of nitrogens with zero attached hydrogens (tertiary/aromatic N) is 5. The van der Waals surface area contributed by atoms with Gasteiger partial charge in [0.2, 0.25) is 11.7 Å². The molecule has 20 heavy (non-hydrogen) atoms. The van der Waals surface area contributed by atoms with Crippen LogP contribution in [0, 0.1) is 17.5 Å². The maximum atomic E-state index is 13.7. The van der Waals surface area contributed by atoms with Gasteiger partial charge in [0.05, 0.1) is 0 Å². The fraction of sp³-hybridized carbons (Fsp3) is 0. The topological polar surface area (TPSA) is 97.0 Å². The zero-order chi connectivity index (χ0) is 14.4. The number of rotatable bonds is 1. The van der Waals surface area contributed by atoms with Crippen molar-refractivity contribution in [2.24, 2.45) is 0 Å². The molecule has 0 spiro atoms. The average Bonchev–Trinajstić information content (AvgIpc) is 2.80. The summed E-state index contributed by atoms with van der Waals surface area (Å²) in [5.41, 5.74) is -1.18. The number of hydrogen-bond donors (Lipinski definition) is 2. The Kier molecular flexibility index (Phi) is 2.46. The molecule has 0 amide bonds. The van der Waals surface area contributed by atoms with Crippen molar-refractivity contribution < 1.29 is 23.4 Å². The van der Waals surface area contributed by atoms with Gasteiger partial charge in [0.25, 0.3) is 0 Å². The molecule has 0 aromatic heterocycles. The molecule has 1 aromatic rings. The summed E-state index contributed by atoms with van der Waals surface area (Å²) in [7, 11) is 0. The summed E-state index contributed by atoms with van der Waals surface area (Å²) in [4.78, 5) is 3.47. The van der Waals surface area contributed by atoms with Crippen molar-refractivity contribution in [2.75, 3.05) is 0 Å². The Balaban J connectivity index is 2.39. The van der Waals surface area contributed by atoms with Gasteiger partial charge in [0.15, 0.2) is 17.3 Å². The van der Waals surface area contributed by atoms with Gasteiger partial charge in [-0.3, -0.25) is 0 Å². The van der Waals surface area contributed by atoms with E-state index in [9.17, 15) is 23.4 Å². The van der Waals surface area contributed by atoms with E-state index in [4.69, 9.17) is 0 Å². The lowest BCUT2D eigenvalue weighted by Gasteiger charge is -2.13. The third-order valence-corrected chi connectivity index (χ3v) is 2.53. The molecule has 7 nitrogen and oxygen atoms in total. The smallest absolute Gasteiger partial charge is 0.303 e. The number of halogens is 3. The highest BCUT2D eigenvalue weighted by atomic mass is 19.1. The van der Waals surface area contributed by atoms with Crippen LogP contribution in [0.1, 0.15) is 0 Å². The van der Waals surface area contributed by atoms with Gasteiger partial charge in [0, 0.05) is 12.1 Å². The molecular weight excluding hydrogens is 279 g/mol. The summed E-state index contributed by atoms with van der Waals surface area (Å²) in [6.45, 7) is 0. The molecule has 0 saturated carbocycles. The molecule has 102 valence electrons. The molecule has 2 aliphatic rings. The highest BCUT2D eigenvalue weighted by Gasteiger charge is 2.26. The van der Waals surface area contributed by atoms with Gasteiger partial charge in [0.1, 0.15) is 11.5 Å². The fourth-order valence-electron chi connectivity index (χ4n) is 1.72. The van der Waals surface area contributed by atoms with Crippen LogP contribution in [0.2, 0.25) is 0 Å².